The molecule has 3 heterocycles. The number of likely N-dealkylation sites (tertiary alicyclic amines) is 1. The van der Waals surface area contributed by atoms with E-state index in [0.29, 0.717) is 43.9 Å². The van der Waals surface area contributed by atoms with Crippen molar-refractivity contribution in [3.63, 3.8) is 0 Å². The largest absolute Gasteiger partial charge is 0.459 e. The predicted octanol–water partition coefficient (Wildman–Crippen LogP) is 3.81. The fourth-order valence-corrected chi connectivity index (χ4v) is 6.10. The van der Waals surface area contributed by atoms with E-state index in [4.69, 9.17) is 9.15 Å². The number of imide groups is 1. The third-order valence-corrected chi connectivity index (χ3v) is 7.71. The number of benzene rings is 1. The van der Waals surface area contributed by atoms with Crippen LogP contribution < -0.4 is 0 Å². The molecule has 2 fully saturated rings. The smallest absolute Gasteiger partial charge is 0.233 e. The quantitative estimate of drug-likeness (QED) is 0.409. The van der Waals surface area contributed by atoms with Crippen molar-refractivity contribution in [2.75, 3.05) is 19.8 Å². The molecule has 2 amide bonds. The van der Waals surface area contributed by atoms with Gasteiger partial charge in [0.05, 0.1) is 31.2 Å². The zero-order valence-corrected chi connectivity index (χ0v) is 20.6. The Morgan fingerprint density at radius 2 is 1.86 bits per heavy atom. The second-order valence-electron chi connectivity index (χ2n) is 9.85. The molecule has 190 valence electrons. The summed E-state index contributed by atoms with van der Waals surface area (Å²) in [4.78, 5) is 27.6. The number of hydrogen-bond donors (Lipinski definition) is 2. The van der Waals surface area contributed by atoms with Gasteiger partial charge in [0.1, 0.15) is 18.1 Å². The molecule has 0 unspecified atom stereocenters. The van der Waals surface area contributed by atoms with Crippen molar-refractivity contribution in [1.82, 2.24) is 4.90 Å². The van der Waals surface area contributed by atoms with Gasteiger partial charge in [0.15, 0.2) is 0 Å². The van der Waals surface area contributed by atoms with E-state index in [0.717, 1.165) is 28.7 Å². The number of nitrogens with zero attached hydrogens (tertiary/aromatic N) is 1. The topological polar surface area (TPSA) is 100 Å². The van der Waals surface area contributed by atoms with Gasteiger partial charge in [-0.1, -0.05) is 37.3 Å². The van der Waals surface area contributed by atoms with E-state index < -0.39 is 0 Å². The van der Waals surface area contributed by atoms with Crippen molar-refractivity contribution in [2.24, 2.45) is 17.8 Å². The summed E-state index contributed by atoms with van der Waals surface area (Å²) in [5.74, 6) is 0.0667. The minimum atomic E-state index is -0.387. The van der Waals surface area contributed by atoms with Gasteiger partial charge >= 0.3 is 0 Å². The number of hydrogen-bond acceptors (Lipinski definition) is 6. The van der Waals surface area contributed by atoms with Crippen LogP contribution in [0.3, 0.4) is 0 Å². The molecule has 2 aromatic rings. The monoisotopic (exact) mass is 491 g/mol. The Morgan fingerprint density at radius 3 is 2.56 bits per heavy atom. The number of fused-ring (bicyclic) bond motifs is 3. The number of furan rings is 1. The number of carbonyl (C=O) groups is 2. The third kappa shape index (κ3) is 4.47. The van der Waals surface area contributed by atoms with Crippen LogP contribution in [0.1, 0.15) is 49.7 Å². The van der Waals surface area contributed by atoms with Crippen molar-refractivity contribution in [2.45, 2.75) is 45.3 Å². The Kier molecular flexibility index (Phi) is 7.23. The number of aliphatic hydroxyl groups is 2. The minimum Gasteiger partial charge on any atom is -0.459 e. The molecule has 0 saturated carbocycles. The molecule has 2 aliphatic heterocycles. The van der Waals surface area contributed by atoms with Crippen LogP contribution in [0.25, 0.3) is 11.6 Å². The summed E-state index contributed by atoms with van der Waals surface area (Å²) >= 11 is 0. The number of amides is 2. The molecule has 0 radical (unpaired) electrons. The second-order valence-corrected chi connectivity index (χ2v) is 9.85. The third-order valence-electron chi connectivity index (χ3n) is 7.71. The van der Waals surface area contributed by atoms with Crippen LogP contribution in [0, 0.1) is 17.8 Å². The SMILES string of the molecule is CCCN1C(=O)[C@@H]2[C@@H](CC(CO)=C3[C@@H](CC/C(=C/c4ccc(CO)o4)c4ccccc4)OC[C@@H]32)C1=O. The highest BCUT2D eigenvalue weighted by Gasteiger charge is 2.56. The Hall–Kier alpha value is -3.00. The standard InChI is InChI=1S/C29H33NO6/c1-2-12-30-28(33)23-14-20(15-31)26-24(27(23)29(30)34)17-35-25(26)11-8-19(18-6-4-3-5-7-18)13-21-9-10-22(16-32)36-21/h3-7,9-10,13,23-25,27,31-32H,2,8,11-12,14-17H2,1H3/b19-13-/t23-,24+,25-,27-/m1/s1. The van der Waals surface area contributed by atoms with E-state index in [1.165, 1.54) is 4.90 Å². The first kappa shape index (κ1) is 24.7. The Balaban J connectivity index is 1.39. The second kappa shape index (κ2) is 10.5. The zero-order valence-electron chi connectivity index (χ0n) is 20.6. The molecule has 5 rings (SSSR count). The minimum absolute atomic E-state index is 0.0852. The van der Waals surface area contributed by atoms with Crippen LogP contribution >= 0.6 is 0 Å². The molecule has 1 aromatic carbocycles. The molecule has 2 saturated heterocycles. The summed E-state index contributed by atoms with van der Waals surface area (Å²) < 4.78 is 11.9. The van der Waals surface area contributed by atoms with Gasteiger partial charge in [-0.15, -0.1) is 0 Å². The number of aliphatic hydroxyl groups excluding tert-OH is 2. The van der Waals surface area contributed by atoms with E-state index in [1.54, 1.807) is 6.07 Å². The van der Waals surface area contributed by atoms with Gasteiger partial charge in [-0.3, -0.25) is 14.5 Å². The number of carbonyl (C=O) groups excluding carboxylic acids is 2. The molecule has 0 bridgehead atoms. The number of allylic oxidation sites excluding steroid dienone is 1. The van der Waals surface area contributed by atoms with E-state index in [9.17, 15) is 19.8 Å². The molecular formula is C29H33NO6. The molecular weight excluding hydrogens is 458 g/mol. The maximum atomic E-state index is 13.2. The Bertz CT molecular complexity index is 1180. The normalized spacial score (nSPS) is 26.1. The highest BCUT2D eigenvalue weighted by molar-refractivity contribution is 6.06. The lowest BCUT2D eigenvalue weighted by atomic mass is 9.69. The summed E-state index contributed by atoms with van der Waals surface area (Å²) in [7, 11) is 0. The summed E-state index contributed by atoms with van der Waals surface area (Å²) in [6.45, 7) is 2.53. The van der Waals surface area contributed by atoms with Gasteiger partial charge in [-0.25, -0.2) is 0 Å². The average Bonchev–Trinajstić information content (AvgIpc) is 3.60. The first-order valence-electron chi connectivity index (χ1n) is 12.8. The molecule has 7 nitrogen and oxygen atoms in total. The first-order valence-corrected chi connectivity index (χ1v) is 12.8. The number of ether oxygens (including phenoxy) is 1. The van der Waals surface area contributed by atoms with Gasteiger partial charge in [-0.2, -0.15) is 0 Å². The molecule has 0 spiro atoms. The maximum absolute atomic E-state index is 13.2. The fourth-order valence-electron chi connectivity index (χ4n) is 6.10. The molecule has 1 aliphatic carbocycles. The van der Waals surface area contributed by atoms with Crippen LogP contribution in [0.4, 0.5) is 0 Å². The maximum Gasteiger partial charge on any atom is 0.233 e. The van der Waals surface area contributed by atoms with Crippen LogP contribution in [0.15, 0.2) is 58.0 Å². The van der Waals surface area contributed by atoms with E-state index in [-0.39, 0.29) is 48.9 Å². The fraction of sp³-hybridized carbons (Fsp3) is 0.448. The summed E-state index contributed by atoms with van der Waals surface area (Å²) in [6.07, 6.45) is 4.32. The predicted molar refractivity (Wildman–Crippen MR) is 134 cm³/mol. The van der Waals surface area contributed by atoms with Crippen LogP contribution in [0.5, 0.6) is 0 Å². The summed E-state index contributed by atoms with van der Waals surface area (Å²) in [5, 5.41) is 19.6. The van der Waals surface area contributed by atoms with Crippen LogP contribution in [0.2, 0.25) is 0 Å². The molecule has 36 heavy (non-hydrogen) atoms. The van der Waals surface area contributed by atoms with Crippen molar-refractivity contribution >= 4 is 23.5 Å². The van der Waals surface area contributed by atoms with Gasteiger partial charge < -0.3 is 19.4 Å². The van der Waals surface area contributed by atoms with E-state index >= 15 is 0 Å². The Morgan fingerprint density at radius 1 is 1.06 bits per heavy atom. The highest BCUT2D eigenvalue weighted by Crippen LogP contribution is 2.49. The molecule has 1 aromatic heterocycles. The van der Waals surface area contributed by atoms with Crippen LogP contribution in [-0.4, -0.2) is 52.8 Å². The summed E-state index contributed by atoms with van der Waals surface area (Å²) in [5.41, 5.74) is 4.02. The van der Waals surface area contributed by atoms with Crippen molar-refractivity contribution in [3.05, 3.63) is 70.7 Å². The lowest BCUT2D eigenvalue weighted by Gasteiger charge is -2.31. The summed E-state index contributed by atoms with van der Waals surface area (Å²) in [6, 6.07) is 13.7. The molecule has 3 aliphatic rings. The van der Waals surface area contributed by atoms with Gasteiger partial charge in [-0.05, 0) is 66.2 Å². The number of rotatable bonds is 9. The molecule has 4 atom stereocenters. The van der Waals surface area contributed by atoms with Gasteiger partial charge in [0.2, 0.25) is 11.8 Å². The van der Waals surface area contributed by atoms with E-state index in [1.807, 2.05) is 37.3 Å². The average molecular weight is 492 g/mol. The van der Waals surface area contributed by atoms with Gasteiger partial charge in [0.25, 0.3) is 0 Å². The van der Waals surface area contributed by atoms with Crippen molar-refractivity contribution in [1.29, 1.82) is 0 Å². The lowest BCUT2D eigenvalue weighted by molar-refractivity contribution is -0.140. The van der Waals surface area contributed by atoms with Crippen molar-refractivity contribution < 1.29 is 29.0 Å². The lowest BCUT2D eigenvalue weighted by Crippen LogP contribution is -2.35. The highest BCUT2D eigenvalue weighted by atomic mass is 16.5. The zero-order chi connectivity index (χ0) is 25.2. The molecule has 7 heteroatoms. The first-order chi connectivity index (χ1) is 17.5. The van der Waals surface area contributed by atoms with Crippen LogP contribution in [-0.2, 0) is 20.9 Å². The van der Waals surface area contributed by atoms with Gasteiger partial charge in [0, 0.05) is 12.5 Å². The Labute approximate surface area is 211 Å². The van der Waals surface area contributed by atoms with Crippen molar-refractivity contribution in [3.8, 4) is 0 Å². The van der Waals surface area contributed by atoms with E-state index in [2.05, 4.69) is 12.1 Å². The molecule has 2 N–H and O–H groups in total.